The summed E-state index contributed by atoms with van der Waals surface area (Å²) >= 11 is 0. The number of rotatable bonds is 2. The minimum Gasteiger partial charge on any atom is -0.382 e. The molecule has 2 aromatic rings. The van der Waals surface area contributed by atoms with Crippen molar-refractivity contribution in [3.63, 3.8) is 0 Å². The molecule has 3 heterocycles. The Morgan fingerprint density at radius 2 is 2.19 bits per heavy atom. The van der Waals surface area contributed by atoms with E-state index in [0.29, 0.717) is 23.4 Å². The number of hydrogen-bond donors (Lipinski definition) is 2. The number of nitrogens with one attached hydrogen (secondary N) is 1. The first-order chi connectivity index (χ1) is 7.83. The summed E-state index contributed by atoms with van der Waals surface area (Å²) in [6.45, 7) is 1.98. The van der Waals surface area contributed by atoms with Crippen LogP contribution in [-0.2, 0) is 0 Å². The lowest BCUT2D eigenvalue weighted by Crippen LogP contribution is -2.18. The lowest BCUT2D eigenvalue weighted by atomic mass is 10.4. The highest BCUT2D eigenvalue weighted by Gasteiger charge is 2.19. The van der Waals surface area contributed by atoms with Gasteiger partial charge in [-0.2, -0.15) is 10.1 Å². The van der Waals surface area contributed by atoms with Crippen molar-refractivity contribution in [3.8, 4) is 11.6 Å². The third kappa shape index (κ3) is 1.50. The zero-order valence-corrected chi connectivity index (χ0v) is 8.68. The Hall–Kier alpha value is -2.05. The van der Waals surface area contributed by atoms with Crippen LogP contribution in [0.4, 0.5) is 11.8 Å². The predicted octanol–water partition coefficient (Wildman–Crippen LogP) is 0.642. The molecule has 1 fully saturated rings. The van der Waals surface area contributed by atoms with Crippen molar-refractivity contribution in [2.24, 2.45) is 0 Å². The molecule has 0 amide bonds. The Balaban J connectivity index is 1.87. The maximum atomic E-state index is 5.50. The molecule has 84 valence electrons. The molecule has 16 heavy (non-hydrogen) atoms. The van der Waals surface area contributed by atoms with Gasteiger partial charge in [-0.15, -0.1) is 0 Å². The van der Waals surface area contributed by atoms with Crippen LogP contribution in [0.25, 0.3) is 11.6 Å². The molecule has 3 rings (SSSR count). The molecule has 1 aliphatic heterocycles. The number of nitrogens with two attached hydrogens (primary N) is 1. The lowest BCUT2D eigenvalue weighted by molar-refractivity contribution is 0.428. The van der Waals surface area contributed by atoms with Gasteiger partial charge in [-0.25, -0.2) is 0 Å². The van der Waals surface area contributed by atoms with E-state index >= 15 is 0 Å². The standard InChI is InChI=1S/C9H12N6O/c10-7-5-6(12-13-7)8-11-9(14-16-8)15-3-1-2-4-15/h5H,1-4H2,(H3,10,12,13). The van der Waals surface area contributed by atoms with Gasteiger partial charge < -0.3 is 15.2 Å². The van der Waals surface area contributed by atoms with E-state index in [1.54, 1.807) is 6.07 Å². The van der Waals surface area contributed by atoms with Crippen LogP contribution in [0.2, 0.25) is 0 Å². The molecule has 7 heteroatoms. The van der Waals surface area contributed by atoms with E-state index in [1.807, 2.05) is 0 Å². The van der Waals surface area contributed by atoms with Crippen molar-refractivity contribution in [1.82, 2.24) is 20.3 Å². The number of nitrogens with zero attached hydrogens (tertiary/aromatic N) is 4. The van der Waals surface area contributed by atoms with Gasteiger partial charge in [-0.1, -0.05) is 0 Å². The molecule has 2 aromatic heterocycles. The summed E-state index contributed by atoms with van der Waals surface area (Å²) in [5, 5.41) is 10.5. The third-order valence-corrected chi connectivity index (χ3v) is 2.63. The summed E-state index contributed by atoms with van der Waals surface area (Å²) in [4.78, 5) is 6.40. The van der Waals surface area contributed by atoms with Crippen LogP contribution in [0, 0.1) is 0 Å². The molecule has 0 spiro atoms. The van der Waals surface area contributed by atoms with E-state index in [4.69, 9.17) is 10.3 Å². The van der Waals surface area contributed by atoms with Crippen LogP contribution >= 0.6 is 0 Å². The molecular formula is C9H12N6O. The van der Waals surface area contributed by atoms with Crippen molar-refractivity contribution < 1.29 is 4.52 Å². The summed E-state index contributed by atoms with van der Waals surface area (Å²) in [5.74, 6) is 1.47. The Morgan fingerprint density at radius 1 is 1.38 bits per heavy atom. The molecule has 7 nitrogen and oxygen atoms in total. The van der Waals surface area contributed by atoms with Gasteiger partial charge in [0, 0.05) is 19.2 Å². The third-order valence-electron chi connectivity index (χ3n) is 2.63. The number of hydrogen-bond acceptors (Lipinski definition) is 6. The maximum Gasteiger partial charge on any atom is 0.277 e. The first kappa shape index (κ1) is 9.20. The highest BCUT2D eigenvalue weighted by Crippen LogP contribution is 2.21. The summed E-state index contributed by atoms with van der Waals surface area (Å²) in [7, 11) is 0. The van der Waals surface area contributed by atoms with Crippen molar-refractivity contribution in [3.05, 3.63) is 6.07 Å². The fourth-order valence-corrected chi connectivity index (χ4v) is 1.82. The smallest absolute Gasteiger partial charge is 0.277 e. The van der Waals surface area contributed by atoms with Crippen LogP contribution in [0.3, 0.4) is 0 Å². The predicted molar refractivity (Wildman–Crippen MR) is 57.7 cm³/mol. The Kier molecular flexibility index (Phi) is 2.02. The van der Waals surface area contributed by atoms with Gasteiger partial charge in [0.05, 0.1) is 0 Å². The molecule has 0 atom stereocenters. The van der Waals surface area contributed by atoms with Gasteiger partial charge in [-0.3, -0.25) is 5.10 Å². The number of H-pyrrole nitrogens is 1. The van der Waals surface area contributed by atoms with E-state index in [2.05, 4.69) is 25.2 Å². The van der Waals surface area contributed by atoms with Crippen molar-refractivity contribution >= 4 is 11.8 Å². The van der Waals surface area contributed by atoms with Crippen molar-refractivity contribution in [2.45, 2.75) is 12.8 Å². The van der Waals surface area contributed by atoms with E-state index in [1.165, 1.54) is 12.8 Å². The van der Waals surface area contributed by atoms with E-state index < -0.39 is 0 Å². The number of anilines is 2. The Bertz CT molecular complexity index is 484. The summed E-state index contributed by atoms with van der Waals surface area (Å²) in [6.07, 6.45) is 2.36. The van der Waals surface area contributed by atoms with Crippen LogP contribution < -0.4 is 10.6 Å². The number of aromatic amines is 1. The molecule has 0 radical (unpaired) electrons. The Morgan fingerprint density at radius 3 is 2.88 bits per heavy atom. The zero-order chi connectivity index (χ0) is 11.0. The molecule has 0 bridgehead atoms. The molecular weight excluding hydrogens is 208 g/mol. The molecule has 0 unspecified atom stereocenters. The van der Waals surface area contributed by atoms with Gasteiger partial charge >= 0.3 is 0 Å². The molecule has 1 saturated heterocycles. The second-order valence-corrected chi connectivity index (χ2v) is 3.80. The van der Waals surface area contributed by atoms with Crippen LogP contribution in [0.1, 0.15) is 12.8 Å². The average Bonchev–Trinajstić information content (AvgIpc) is 2.97. The van der Waals surface area contributed by atoms with Crippen molar-refractivity contribution in [2.75, 3.05) is 23.7 Å². The molecule has 3 N–H and O–H groups in total. The fourth-order valence-electron chi connectivity index (χ4n) is 1.82. The molecule has 1 aliphatic rings. The highest BCUT2D eigenvalue weighted by atomic mass is 16.5. The SMILES string of the molecule is Nc1cc(-c2nc(N3CCCC3)no2)[nH]n1. The summed E-state index contributed by atoms with van der Waals surface area (Å²) in [6, 6.07) is 1.67. The molecule has 0 aliphatic carbocycles. The second kappa shape index (κ2) is 3.51. The van der Waals surface area contributed by atoms with E-state index in [0.717, 1.165) is 13.1 Å². The fraction of sp³-hybridized carbons (Fsp3) is 0.444. The first-order valence-electron chi connectivity index (χ1n) is 5.23. The monoisotopic (exact) mass is 220 g/mol. The average molecular weight is 220 g/mol. The number of aromatic nitrogens is 4. The second-order valence-electron chi connectivity index (χ2n) is 3.80. The van der Waals surface area contributed by atoms with Crippen molar-refractivity contribution in [1.29, 1.82) is 0 Å². The molecule has 0 aromatic carbocycles. The zero-order valence-electron chi connectivity index (χ0n) is 8.68. The normalized spacial score (nSPS) is 15.9. The maximum absolute atomic E-state index is 5.50. The quantitative estimate of drug-likeness (QED) is 0.770. The summed E-state index contributed by atoms with van der Waals surface area (Å²) < 4.78 is 5.15. The van der Waals surface area contributed by atoms with E-state index in [9.17, 15) is 0 Å². The molecule has 0 saturated carbocycles. The van der Waals surface area contributed by atoms with Gasteiger partial charge in [-0.05, 0) is 18.0 Å². The largest absolute Gasteiger partial charge is 0.382 e. The van der Waals surface area contributed by atoms with Gasteiger partial charge in [0.1, 0.15) is 11.5 Å². The Labute approximate surface area is 91.6 Å². The van der Waals surface area contributed by atoms with Crippen LogP contribution in [0.15, 0.2) is 10.6 Å². The van der Waals surface area contributed by atoms with Crippen LogP contribution in [-0.4, -0.2) is 33.4 Å². The van der Waals surface area contributed by atoms with Crippen LogP contribution in [0.5, 0.6) is 0 Å². The topological polar surface area (TPSA) is 96.9 Å². The lowest BCUT2D eigenvalue weighted by Gasteiger charge is -2.09. The first-order valence-corrected chi connectivity index (χ1v) is 5.23. The summed E-state index contributed by atoms with van der Waals surface area (Å²) in [5.41, 5.74) is 6.15. The minimum absolute atomic E-state index is 0.413. The minimum atomic E-state index is 0.413. The highest BCUT2D eigenvalue weighted by molar-refractivity contribution is 5.53. The van der Waals surface area contributed by atoms with Gasteiger partial charge in [0.25, 0.3) is 11.8 Å². The van der Waals surface area contributed by atoms with Gasteiger partial charge in [0.15, 0.2) is 0 Å². The number of nitrogen functional groups attached to an aromatic ring is 1. The van der Waals surface area contributed by atoms with Gasteiger partial charge in [0.2, 0.25) is 0 Å². The van der Waals surface area contributed by atoms with E-state index in [-0.39, 0.29) is 0 Å².